The maximum atomic E-state index is 10.9. The van der Waals surface area contributed by atoms with Crippen molar-refractivity contribution in [3.8, 4) is 11.6 Å². The molecule has 2 N–H and O–H groups in total. The van der Waals surface area contributed by atoms with E-state index in [0.717, 1.165) is 10.9 Å². The van der Waals surface area contributed by atoms with Gasteiger partial charge in [0.1, 0.15) is 5.75 Å². The number of nitrogens with one attached hydrogen (secondary N) is 1. The SMILES string of the molecule is O=C(O)c1[nH]nnc1Oc1ccc2ncccc2c1. The van der Waals surface area contributed by atoms with Crippen LogP contribution < -0.4 is 4.74 Å². The van der Waals surface area contributed by atoms with Crippen molar-refractivity contribution in [1.82, 2.24) is 20.4 Å². The van der Waals surface area contributed by atoms with Gasteiger partial charge in [0.05, 0.1) is 5.52 Å². The largest absolute Gasteiger partial charge is 0.476 e. The van der Waals surface area contributed by atoms with Crippen molar-refractivity contribution in [1.29, 1.82) is 0 Å². The zero-order valence-corrected chi connectivity index (χ0v) is 9.57. The van der Waals surface area contributed by atoms with Gasteiger partial charge in [0, 0.05) is 11.6 Å². The van der Waals surface area contributed by atoms with Crippen LogP contribution in [0.1, 0.15) is 10.5 Å². The van der Waals surface area contributed by atoms with E-state index in [0.29, 0.717) is 5.75 Å². The summed E-state index contributed by atoms with van der Waals surface area (Å²) in [4.78, 5) is 15.1. The van der Waals surface area contributed by atoms with Crippen LogP contribution in [0.2, 0.25) is 0 Å². The maximum Gasteiger partial charge on any atom is 0.359 e. The molecule has 0 fully saturated rings. The van der Waals surface area contributed by atoms with E-state index in [1.165, 1.54) is 0 Å². The number of carboxylic acids is 1. The average molecular weight is 256 g/mol. The number of benzene rings is 1. The standard InChI is InChI=1S/C12H8N4O3/c17-12(18)10-11(15-16-14-10)19-8-3-4-9-7(6-8)2-1-5-13-9/h1-6H,(H,17,18)(H,14,15,16). The highest BCUT2D eigenvalue weighted by Crippen LogP contribution is 2.24. The lowest BCUT2D eigenvalue weighted by Gasteiger charge is -2.03. The first-order chi connectivity index (χ1) is 9.24. The molecule has 3 rings (SSSR count). The summed E-state index contributed by atoms with van der Waals surface area (Å²) >= 11 is 0. The fourth-order valence-electron chi connectivity index (χ4n) is 1.66. The molecule has 2 heterocycles. The van der Waals surface area contributed by atoms with Gasteiger partial charge in [-0.2, -0.15) is 0 Å². The molecule has 1 aromatic carbocycles. The minimum absolute atomic E-state index is 0.0734. The van der Waals surface area contributed by atoms with Crippen LogP contribution in [0, 0.1) is 0 Å². The average Bonchev–Trinajstić information content (AvgIpc) is 2.87. The van der Waals surface area contributed by atoms with Crippen LogP contribution in [0.4, 0.5) is 0 Å². The molecule has 0 radical (unpaired) electrons. The first kappa shape index (κ1) is 11.1. The molecule has 0 saturated carbocycles. The van der Waals surface area contributed by atoms with Gasteiger partial charge in [0.2, 0.25) is 5.69 Å². The van der Waals surface area contributed by atoms with Gasteiger partial charge >= 0.3 is 5.97 Å². The Morgan fingerprint density at radius 1 is 1.32 bits per heavy atom. The van der Waals surface area contributed by atoms with Gasteiger partial charge in [-0.25, -0.2) is 9.89 Å². The van der Waals surface area contributed by atoms with Crippen LogP contribution in [0.15, 0.2) is 36.5 Å². The molecule has 0 amide bonds. The number of fused-ring (bicyclic) bond motifs is 1. The summed E-state index contributed by atoms with van der Waals surface area (Å²) in [6, 6.07) is 8.92. The Labute approximate surface area is 106 Å². The van der Waals surface area contributed by atoms with Gasteiger partial charge in [-0.05, 0) is 24.3 Å². The van der Waals surface area contributed by atoms with Gasteiger partial charge in [-0.1, -0.05) is 16.4 Å². The molecule has 7 nitrogen and oxygen atoms in total. The van der Waals surface area contributed by atoms with Gasteiger partial charge in [-0.3, -0.25) is 4.98 Å². The minimum Gasteiger partial charge on any atom is -0.476 e. The highest BCUT2D eigenvalue weighted by Gasteiger charge is 2.16. The van der Waals surface area contributed by atoms with E-state index in [1.54, 1.807) is 24.4 Å². The van der Waals surface area contributed by atoms with E-state index in [-0.39, 0.29) is 11.6 Å². The second-order valence-electron chi connectivity index (χ2n) is 3.76. The molecule has 0 aliphatic carbocycles. The number of hydrogen-bond acceptors (Lipinski definition) is 5. The molecule has 94 valence electrons. The molecular formula is C12H8N4O3. The molecule has 19 heavy (non-hydrogen) atoms. The van der Waals surface area contributed by atoms with Crippen molar-refractivity contribution >= 4 is 16.9 Å². The number of carboxylic acid groups (broad SMARTS) is 1. The van der Waals surface area contributed by atoms with E-state index in [4.69, 9.17) is 9.84 Å². The highest BCUT2D eigenvalue weighted by molar-refractivity contribution is 5.87. The first-order valence-corrected chi connectivity index (χ1v) is 5.41. The number of pyridine rings is 1. The normalized spacial score (nSPS) is 10.5. The number of rotatable bonds is 3. The Hall–Kier alpha value is -2.96. The van der Waals surface area contributed by atoms with Gasteiger partial charge in [-0.15, -0.1) is 0 Å². The lowest BCUT2D eigenvalue weighted by Crippen LogP contribution is -1.99. The molecule has 0 spiro atoms. The second-order valence-corrected chi connectivity index (χ2v) is 3.76. The van der Waals surface area contributed by atoms with E-state index >= 15 is 0 Å². The van der Waals surface area contributed by atoms with Crippen LogP contribution in [0.3, 0.4) is 0 Å². The van der Waals surface area contributed by atoms with Crippen LogP contribution in [0.5, 0.6) is 11.6 Å². The number of aromatic amines is 1. The van der Waals surface area contributed by atoms with Crippen LogP contribution in [-0.4, -0.2) is 31.5 Å². The Kier molecular flexibility index (Phi) is 2.57. The summed E-state index contributed by atoms with van der Waals surface area (Å²) in [6.07, 6.45) is 1.70. The number of hydrogen-bond donors (Lipinski definition) is 2. The van der Waals surface area contributed by atoms with E-state index < -0.39 is 5.97 Å². The van der Waals surface area contributed by atoms with Crippen LogP contribution in [0.25, 0.3) is 10.9 Å². The highest BCUT2D eigenvalue weighted by atomic mass is 16.5. The van der Waals surface area contributed by atoms with Crippen molar-refractivity contribution in [2.24, 2.45) is 0 Å². The van der Waals surface area contributed by atoms with E-state index in [1.807, 2.05) is 12.1 Å². The third-order valence-electron chi connectivity index (χ3n) is 2.52. The maximum absolute atomic E-state index is 10.9. The van der Waals surface area contributed by atoms with Crippen molar-refractivity contribution in [3.05, 3.63) is 42.2 Å². The minimum atomic E-state index is -1.18. The smallest absolute Gasteiger partial charge is 0.359 e. The molecule has 3 aromatic rings. The Morgan fingerprint density at radius 2 is 2.21 bits per heavy atom. The van der Waals surface area contributed by atoms with Crippen molar-refractivity contribution in [3.63, 3.8) is 0 Å². The Balaban J connectivity index is 1.97. The molecule has 0 aliphatic heterocycles. The molecule has 0 saturated heterocycles. The molecule has 0 bridgehead atoms. The zero-order chi connectivity index (χ0) is 13.2. The van der Waals surface area contributed by atoms with Crippen LogP contribution in [-0.2, 0) is 0 Å². The topological polar surface area (TPSA) is 101 Å². The number of aromatic carboxylic acids is 1. The van der Waals surface area contributed by atoms with Gasteiger partial charge < -0.3 is 9.84 Å². The fraction of sp³-hybridized carbons (Fsp3) is 0. The molecule has 0 aliphatic rings. The fourth-order valence-corrected chi connectivity index (χ4v) is 1.66. The molecule has 0 atom stereocenters. The summed E-state index contributed by atoms with van der Waals surface area (Å²) in [7, 11) is 0. The number of carbonyl (C=O) groups is 1. The quantitative estimate of drug-likeness (QED) is 0.741. The predicted octanol–water partition coefficient (Wildman–Crippen LogP) is 1.84. The van der Waals surface area contributed by atoms with Gasteiger partial charge in [0.15, 0.2) is 0 Å². The summed E-state index contributed by atoms with van der Waals surface area (Å²) in [5, 5.41) is 19.1. The molecule has 7 heteroatoms. The first-order valence-electron chi connectivity index (χ1n) is 5.41. The van der Waals surface area contributed by atoms with E-state index in [2.05, 4.69) is 20.4 Å². The third-order valence-corrected chi connectivity index (χ3v) is 2.52. The molecule has 2 aromatic heterocycles. The number of ether oxygens (including phenoxy) is 1. The monoisotopic (exact) mass is 256 g/mol. The molecule has 0 unspecified atom stereocenters. The second kappa shape index (κ2) is 4.37. The Bertz CT molecular complexity index is 753. The zero-order valence-electron chi connectivity index (χ0n) is 9.57. The van der Waals surface area contributed by atoms with Crippen molar-refractivity contribution < 1.29 is 14.6 Å². The van der Waals surface area contributed by atoms with Gasteiger partial charge in [0.25, 0.3) is 5.88 Å². The van der Waals surface area contributed by atoms with Crippen molar-refractivity contribution in [2.45, 2.75) is 0 Å². The summed E-state index contributed by atoms with van der Waals surface area (Å²) in [5.74, 6) is -0.782. The van der Waals surface area contributed by atoms with Crippen LogP contribution >= 0.6 is 0 Å². The third kappa shape index (κ3) is 2.08. The number of nitrogens with zero attached hydrogens (tertiary/aromatic N) is 3. The summed E-state index contributed by atoms with van der Waals surface area (Å²) in [5.41, 5.74) is 0.639. The summed E-state index contributed by atoms with van der Waals surface area (Å²) in [6.45, 7) is 0. The molecular weight excluding hydrogens is 248 g/mol. The number of aromatic nitrogens is 4. The van der Waals surface area contributed by atoms with Crippen molar-refractivity contribution in [2.75, 3.05) is 0 Å². The lowest BCUT2D eigenvalue weighted by molar-refractivity contribution is 0.0687. The number of H-pyrrole nitrogens is 1. The summed E-state index contributed by atoms with van der Waals surface area (Å²) < 4.78 is 5.41. The Morgan fingerprint density at radius 3 is 3.05 bits per heavy atom. The predicted molar refractivity (Wildman–Crippen MR) is 65.2 cm³/mol. The lowest BCUT2D eigenvalue weighted by atomic mass is 10.2. The van der Waals surface area contributed by atoms with E-state index in [9.17, 15) is 4.79 Å².